The highest BCUT2D eigenvalue weighted by Gasteiger charge is 2.65. The molecule has 3 atom stereocenters. The van der Waals surface area contributed by atoms with Crippen molar-refractivity contribution in [1.82, 2.24) is 9.62 Å². The molecule has 2 aliphatic rings. The number of unbranched alkanes of at least 4 members (excludes halogenated alkanes) is 3. The van der Waals surface area contributed by atoms with Crippen LogP contribution in [-0.2, 0) is 23.1 Å². The molecule has 140 valence electrons. The molecular weight excluding hydrogens is 332 g/mol. The van der Waals surface area contributed by atoms with Gasteiger partial charge in [0.1, 0.15) is 0 Å². The molecule has 0 aromatic heterocycles. The minimum absolute atomic E-state index is 0.336. The van der Waals surface area contributed by atoms with E-state index < -0.39 is 11.3 Å². The van der Waals surface area contributed by atoms with Crippen molar-refractivity contribution in [1.29, 1.82) is 0 Å². The first-order chi connectivity index (χ1) is 12.1. The van der Waals surface area contributed by atoms with E-state index in [4.69, 9.17) is 4.55 Å². The van der Waals surface area contributed by atoms with E-state index in [9.17, 15) is 4.21 Å². The van der Waals surface area contributed by atoms with Crippen LogP contribution < -0.4 is 4.72 Å². The third kappa shape index (κ3) is 4.33. The number of nitrogens with zero attached hydrogens (tertiary/aromatic N) is 1. The second-order valence-electron chi connectivity index (χ2n) is 7.91. The molecule has 0 spiro atoms. The van der Waals surface area contributed by atoms with E-state index in [1.165, 1.54) is 56.4 Å². The maximum Gasteiger partial charge on any atom is 0.231 e. The van der Waals surface area contributed by atoms with Gasteiger partial charge in [-0.25, -0.2) is 8.93 Å². The summed E-state index contributed by atoms with van der Waals surface area (Å²) >= 11 is -1.92. The predicted molar refractivity (Wildman–Crippen MR) is 104 cm³/mol. The lowest BCUT2D eigenvalue weighted by molar-refractivity contribution is 0.271. The average Bonchev–Trinajstić information content (AvgIpc) is 2.95. The Hall–Kier alpha value is -0.750. The maximum absolute atomic E-state index is 10.7. The first kappa shape index (κ1) is 19.0. The van der Waals surface area contributed by atoms with E-state index in [0.29, 0.717) is 12.0 Å². The Labute approximate surface area is 154 Å². The van der Waals surface area contributed by atoms with Crippen LogP contribution in [0.15, 0.2) is 24.3 Å². The van der Waals surface area contributed by atoms with Gasteiger partial charge in [0.05, 0.1) is 0 Å². The smallest absolute Gasteiger partial charge is 0.231 e. The van der Waals surface area contributed by atoms with Gasteiger partial charge < -0.3 is 4.90 Å². The Morgan fingerprint density at radius 1 is 1.28 bits per heavy atom. The highest BCUT2D eigenvalue weighted by molar-refractivity contribution is 7.77. The molecule has 1 aromatic carbocycles. The average molecular weight is 365 g/mol. The summed E-state index contributed by atoms with van der Waals surface area (Å²) in [6.07, 6.45) is 6.18. The van der Waals surface area contributed by atoms with Crippen molar-refractivity contribution < 1.29 is 8.76 Å². The van der Waals surface area contributed by atoms with Gasteiger partial charge in [-0.3, -0.25) is 4.55 Å². The molecule has 2 fully saturated rings. The largest absolute Gasteiger partial charge is 0.303 e. The molecule has 3 unspecified atom stereocenters. The molecule has 25 heavy (non-hydrogen) atoms. The molecule has 0 bridgehead atoms. The number of rotatable bonds is 10. The van der Waals surface area contributed by atoms with Crippen LogP contribution in [0, 0.1) is 11.8 Å². The minimum atomic E-state index is -1.92. The molecule has 1 aromatic rings. The molecule has 0 radical (unpaired) electrons. The summed E-state index contributed by atoms with van der Waals surface area (Å²) in [6.45, 7) is 9.00. The number of piperidine rings is 1. The van der Waals surface area contributed by atoms with Gasteiger partial charge in [0, 0.05) is 25.0 Å². The van der Waals surface area contributed by atoms with Crippen molar-refractivity contribution in [3.8, 4) is 0 Å². The summed E-state index contributed by atoms with van der Waals surface area (Å²) in [5.41, 5.74) is 3.04. The van der Waals surface area contributed by atoms with Gasteiger partial charge in [0.25, 0.3) is 0 Å². The fraction of sp³-hybridized carbons (Fsp3) is 0.700. The van der Waals surface area contributed by atoms with E-state index in [1.807, 2.05) is 0 Å². The van der Waals surface area contributed by atoms with E-state index in [2.05, 4.69) is 47.7 Å². The molecule has 5 heteroatoms. The second-order valence-corrected chi connectivity index (χ2v) is 8.70. The number of fused-ring (bicyclic) bond motifs is 1. The minimum Gasteiger partial charge on any atom is -0.303 e. The topological polar surface area (TPSA) is 52.6 Å². The third-order valence-electron chi connectivity index (χ3n) is 6.34. The standard InChI is InChI=1S/C20H32N2O2S/c1-3-4-5-6-12-22-14-18-19(15-22)20(18,2)17-9-7-8-16(13-17)10-11-21-25(23)24/h7-9,13,18-19,21H,3-6,10-12,14-15H2,1-2H3,(H,23,24). The number of nitrogens with one attached hydrogen (secondary N) is 1. The summed E-state index contributed by atoms with van der Waals surface area (Å²) in [5.74, 6) is 1.61. The van der Waals surface area contributed by atoms with Crippen molar-refractivity contribution in [3.63, 3.8) is 0 Å². The van der Waals surface area contributed by atoms with Gasteiger partial charge >= 0.3 is 0 Å². The fourth-order valence-corrected chi connectivity index (χ4v) is 4.96. The Morgan fingerprint density at radius 3 is 2.72 bits per heavy atom. The predicted octanol–water partition coefficient (Wildman–Crippen LogP) is 3.36. The van der Waals surface area contributed by atoms with Crippen LogP contribution in [0.3, 0.4) is 0 Å². The Morgan fingerprint density at radius 2 is 2.04 bits per heavy atom. The van der Waals surface area contributed by atoms with Crippen LogP contribution in [0.4, 0.5) is 0 Å². The van der Waals surface area contributed by atoms with Crippen molar-refractivity contribution in [3.05, 3.63) is 35.4 Å². The Balaban J connectivity index is 1.51. The molecule has 1 saturated heterocycles. The van der Waals surface area contributed by atoms with Crippen LogP contribution in [0.2, 0.25) is 0 Å². The number of benzene rings is 1. The summed E-state index contributed by atoms with van der Waals surface area (Å²) in [4.78, 5) is 2.66. The lowest BCUT2D eigenvalue weighted by Crippen LogP contribution is -2.30. The highest BCUT2D eigenvalue weighted by atomic mass is 32.2. The fourth-order valence-electron chi connectivity index (χ4n) is 4.68. The first-order valence-electron chi connectivity index (χ1n) is 9.71. The van der Waals surface area contributed by atoms with Gasteiger partial charge in [-0.2, -0.15) is 0 Å². The lowest BCUT2D eigenvalue weighted by Gasteiger charge is -2.24. The molecule has 1 saturated carbocycles. The number of hydrogen-bond donors (Lipinski definition) is 2. The molecule has 2 N–H and O–H groups in total. The molecule has 1 aliphatic heterocycles. The van der Waals surface area contributed by atoms with Gasteiger partial charge in [-0.05, 0) is 42.3 Å². The molecule has 3 rings (SSSR count). The first-order valence-corrected chi connectivity index (χ1v) is 10.8. The summed E-state index contributed by atoms with van der Waals surface area (Å²) in [6, 6.07) is 8.84. The van der Waals surface area contributed by atoms with Crippen LogP contribution in [0.1, 0.15) is 50.7 Å². The van der Waals surface area contributed by atoms with Crippen LogP contribution in [0.25, 0.3) is 0 Å². The zero-order chi connectivity index (χ0) is 17.9. The monoisotopic (exact) mass is 364 g/mol. The normalized spacial score (nSPS) is 29.6. The second kappa shape index (κ2) is 8.30. The van der Waals surface area contributed by atoms with Gasteiger partial charge in [0.15, 0.2) is 0 Å². The molecular formula is C20H32N2O2S. The SMILES string of the molecule is CCCCCCN1CC2C(C1)C2(C)c1cccc(CCNS(=O)O)c1. The van der Waals surface area contributed by atoms with Crippen molar-refractivity contribution in [2.24, 2.45) is 11.8 Å². The number of hydrogen-bond acceptors (Lipinski definition) is 2. The summed E-state index contributed by atoms with van der Waals surface area (Å²) in [7, 11) is 0. The Kier molecular flexibility index (Phi) is 6.31. The molecule has 1 aliphatic carbocycles. The summed E-state index contributed by atoms with van der Waals surface area (Å²) in [5, 5.41) is 0. The van der Waals surface area contributed by atoms with Crippen molar-refractivity contribution >= 4 is 11.3 Å². The molecule has 4 nitrogen and oxygen atoms in total. The third-order valence-corrected chi connectivity index (χ3v) is 6.79. The lowest BCUT2D eigenvalue weighted by atomic mass is 9.90. The van der Waals surface area contributed by atoms with Crippen molar-refractivity contribution in [2.75, 3.05) is 26.2 Å². The van der Waals surface area contributed by atoms with Gasteiger partial charge in [-0.1, -0.05) is 57.4 Å². The quantitative estimate of drug-likeness (QED) is 0.494. The zero-order valence-corrected chi connectivity index (χ0v) is 16.4. The number of likely N-dealkylation sites (tertiary alicyclic amines) is 1. The van der Waals surface area contributed by atoms with Gasteiger partial charge in [-0.15, -0.1) is 0 Å². The zero-order valence-electron chi connectivity index (χ0n) is 15.5. The Bertz CT molecular complexity index is 595. The van der Waals surface area contributed by atoms with E-state index in [-0.39, 0.29) is 0 Å². The van der Waals surface area contributed by atoms with Crippen LogP contribution in [0.5, 0.6) is 0 Å². The van der Waals surface area contributed by atoms with E-state index in [0.717, 1.165) is 18.3 Å². The van der Waals surface area contributed by atoms with Crippen LogP contribution in [-0.4, -0.2) is 39.8 Å². The van der Waals surface area contributed by atoms with E-state index >= 15 is 0 Å². The van der Waals surface area contributed by atoms with E-state index in [1.54, 1.807) is 0 Å². The molecule has 1 heterocycles. The molecule has 0 amide bonds. The summed E-state index contributed by atoms with van der Waals surface area (Å²) < 4.78 is 22.1. The van der Waals surface area contributed by atoms with Crippen LogP contribution >= 0.6 is 0 Å². The maximum atomic E-state index is 10.7. The van der Waals surface area contributed by atoms with Gasteiger partial charge in [0.2, 0.25) is 11.3 Å². The van der Waals surface area contributed by atoms with Crippen molar-refractivity contribution in [2.45, 2.75) is 51.4 Å². The highest BCUT2D eigenvalue weighted by Crippen LogP contribution is 2.63.